The molecule has 84 valence electrons. The van der Waals surface area contributed by atoms with Gasteiger partial charge >= 0.3 is 0 Å². The van der Waals surface area contributed by atoms with E-state index in [1.807, 2.05) is 36.4 Å². The third-order valence-corrected chi connectivity index (χ3v) is 2.85. The fourth-order valence-corrected chi connectivity index (χ4v) is 1.98. The summed E-state index contributed by atoms with van der Waals surface area (Å²) in [5, 5.41) is 3.30. The third-order valence-electron chi connectivity index (χ3n) is 2.85. The molecule has 0 bridgehead atoms. The first-order valence-corrected chi connectivity index (χ1v) is 5.58. The van der Waals surface area contributed by atoms with Crippen LogP contribution in [0.25, 0.3) is 5.70 Å². The molecule has 0 spiro atoms. The second kappa shape index (κ2) is 3.67. The Hall–Kier alpha value is -2.22. The van der Waals surface area contributed by atoms with Crippen LogP contribution in [0.1, 0.15) is 11.1 Å². The second-order valence-corrected chi connectivity index (χ2v) is 4.20. The van der Waals surface area contributed by atoms with Gasteiger partial charge in [-0.15, -0.1) is 0 Å². The van der Waals surface area contributed by atoms with E-state index in [2.05, 4.69) is 24.9 Å². The molecule has 0 aromatic heterocycles. The monoisotopic (exact) mass is 223 g/mol. The summed E-state index contributed by atoms with van der Waals surface area (Å²) < 4.78 is 5.90. The van der Waals surface area contributed by atoms with Crippen molar-refractivity contribution in [2.45, 2.75) is 6.92 Å². The molecule has 0 amide bonds. The minimum atomic E-state index is 0.835. The maximum Gasteiger partial charge on any atom is 0.150 e. The van der Waals surface area contributed by atoms with E-state index in [1.54, 1.807) is 0 Å². The normalized spacial score (nSPS) is 12.9. The van der Waals surface area contributed by atoms with Crippen LogP contribution in [0.4, 0.5) is 5.69 Å². The smallest absolute Gasteiger partial charge is 0.150 e. The van der Waals surface area contributed by atoms with E-state index < -0.39 is 0 Å². The average Bonchev–Trinajstić information content (AvgIpc) is 2.46. The first-order valence-electron chi connectivity index (χ1n) is 5.58. The summed E-state index contributed by atoms with van der Waals surface area (Å²) in [4.78, 5) is 0. The SMILES string of the molecule is C=C1Nc2cc(C)ccc2Oc2ccccc21. The van der Waals surface area contributed by atoms with Crippen molar-refractivity contribution in [2.24, 2.45) is 0 Å². The van der Waals surface area contributed by atoms with E-state index >= 15 is 0 Å². The number of anilines is 1. The van der Waals surface area contributed by atoms with Crippen LogP contribution in [0, 0.1) is 6.92 Å². The Bertz CT molecular complexity index is 602. The van der Waals surface area contributed by atoms with Gasteiger partial charge in [0.2, 0.25) is 0 Å². The fourth-order valence-electron chi connectivity index (χ4n) is 1.98. The molecule has 0 saturated heterocycles. The van der Waals surface area contributed by atoms with Gasteiger partial charge in [0.15, 0.2) is 5.75 Å². The topological polar surface area (TPSA) is 21.3 Å². The number of rotatable bonds is 0. The van der Waals surface area contributed by atoms with E-state index in [4.69, 9.17) is 4.74 Å². The lowest BCUT2D eigenvalue weighted by Crippen LogP contribution is -1.95. The predicted molar refractivity (Wildman–Crippen MR) is 70.4 cm³/mol. The van der Waals surface area contributed by atoms with E-state index in [0.29, 0.717) is 0 Å². The molecule has 2 aromatic rings. The summed E-state index contributed by atoms with van der Waals surface area (Å²) in [6.45, 7) is 6.11. The number of aryl methyl sites for hydroxylation is 1. The van der Waals surface area contributed by atoms with Crippen molar-refractivity contribution >= 4 is 11.4 Å². The van der Waals surface area contributed by atoms with Crippen LogP contribution in [-0.2, 0) is 0 Å². The Labute approximate surface area is 101 Å². The van der Waals surface area contributed by atoms with Gasteiger partial charge in [0.25, 0.3) is 0 Å². The Morgan fingerprint density at radius 2 is 1.88 bits per heavy atom. The molecule has 0 atom stereocenters. The number of fused-ring (bicyclic) bond motifs is 2. The molecule has 2 aromatic carbocycles. The Morgan fingerprint density at radius 1 is 1.06 bits per heavy atom. The lowest BCUT2D eigenvalue weighted by molar-refractivity contribution is 0.485. The maximum atomic E-state index is 5.90. The Morgan fingerprint density at radius 3 is 2.76 bits per heavy atom. The largest absolute Gasteiger partial charge is 0.454 e. The van der Waals surface area contributed by atoms with Crippen molar-refractivity contribution in [3.63, 3.8) is 0 Å². The summed E-state index contributed by atoms with van der Waals surface area (Å²) in [7, 11) is 0. The summed E-state index contributed by atoms with van der Waals surface area (Å²) in [6.07, 6.45) is 0. The van der Waals surface area contributed by atoms with Crippen LogP contribution in [0.5, 0.6) is 11.5 Å². The first kappa shape index (κ1) is 9.97. The van der Waals surface area contributed by atoms with Crippen molar-refractivity contribution in [3.8, 4) is 11.5 Å². The minimum Gasteiger partial charge on any atom is -0.454 e. The quantitative estimate of drug-likeness (QED) is 0.723. The fraction of sp³-hybridized carbons (Fsp3) is 0.0667. The molecular weight excluding hydrogens is 210 g/mol. The van der Waals surface area contributed by atoms with Gasteiger partial charge in [0.1, 0.15) is 5.75 Å². The van der Waals surface area contributed by atoms with Gasteiger partial charge < -0.3 is 10.1 Å². The molecule has 0 fully saturated rings. The molecule has 2 nitrogen and oxygen atoms in total. The van der Waals surface area contributed by atoms with E-state index in [1.165, 1.54) is 5.56 Å². The number of nitrogens with one attached hydrogen (secondary N) is 1. The van der Waals surface area contributed by atoms with E-state index in [-0.39, 0.29) is 0 Å². The molecule has 1 heterocycles. The van der Waals surface area contributed by atoms with Gasteiger partial charge in [-0.25, -0.2) is 0 Å². The van der Waals surface area contributed by atoms with Crippen LogP contribution in [0.2, 0.25) is 0 Å². The van der Waals surface area contributed by atoms with Crippen LogP contribution in [0.15, 0.2) is 49.0 Å². The maximum absolute atomic E-state index is 5.90. The molecule has 1 aliphatic heterocycles. The van der Waals surface area contributed by atoms with Gasteiger partial charge in [-0.3, -0.25) is 0 Å². The van der Waals surface area contributed by atoms with Gasteiger partial charge in [-0.1, -0.05) is 24.8 Å². The lowest BCUT2D eigenvalue weighted by atomic mass is 10.1. The Balaban J connectivity index is 2.17. The Kier molecular flexibility index (Phi) is 2.15. The highest BCUT2D eigenvalue weighted by Gasteiger charge is 2.15. The number of hydrogen-bond acceptors (Lipinski definition) is 2. The van der Waals surface area contributed by atoms with Gasteiger partial charge in [0, 0.05) is 11.3 Å². The van der Waals surface area contributed by atoms with Crippen molar-refractivity contribution < 1.29 is 4.74 Å². The van der Waals surface area contributed by atoms with Gasteiger partial charge in [-0.05, 0) is 36.8 Å². The summed E-state index contributed by atoms with van der Waals surface area (Å²) in [5.41, 5.74) is 4.02. The molecule has 17 heavy (non-hydrogen) atoms. The molecule has 0 unspecified atom stereocenters. The van der Waals surface area contributed by atoms with Crippen molar-refractivity contribution in [1.29, 1.82) is 0 Å². The van der Waals surface area contributed by atoms with Crippen LogP contribution < -0.4 is 10.1 Å². The molecule has 0 saturated carbocycles. The molecular formula is C15H13NO. The third kappa shape index (κ3) is 1.68. The summed E-state index contributed by atoms with van der Waals surface area (Å²) in [5.74, 6) is 1.68. The molecule has 3 rings (SSSR count). The number of para-hydroxylation sites is 1. The van der Waals surface area contributed by atoms with Crippen LogP contribution in [0.3, 0.4) is 0 Å². The standard InChI is InChI=1S/C15H13NO/c1-10-7-8-15-13(9-10)16-11(2)12-5-3-4-6-14(12)17-15/h3-9,16H,2H2,1H3. The highest BCUT2D eigenvalue weighted by Crippen LogP contribution is 2.39. The zero-order valence-electron chi connectivity index (χ0n) is 9.66. The predicted octanol–water partition coefficient (Wildman–Crippen LogP) is 4.18. The van der Waals surface area contributed by atoms with Crippen molar-refractivity contribution in [3.05, 3.63) is 60.2 Å². The minimum absolute atomic E-state index is 0.835. The number of hydrogen-bond donors (Lipinski definition) is 1. The number of benzene rings is 2. The van der Waals surface area contributed by atoms with Crippen LogP contribution in [-0.4, -0.2) is 0 Å². The second-order valence-electron chi connectivity index (χ2n) is 4.20. The van der Waals surface area contributed by atoms with Crippen molar-refractivity contribution in [1.82, 2.24) is 0 Å². The lowest BCUT2D eigenvalue weighted by Gasteiger charge is -2.08. The first-order chi connectivity index (χ1) is 8.24. The van der Waals surface area contributed by atoms with E-state index in [9.17, 15) is 0 Å². The highest BCUT2D eigenvalue weighted by molar-refractivity contribution is 5.83. The van der Waals surface area contributed by atoms with Gasteiger partial charge in [0.05, 0.1) is 5.69 Å². The molecule has 1 N–H and O–H groups in total. The summed E-state index contributed by atoms with van der Waals surface area (Å²) in [6, 6.07) is 14.0. The molecule has 0 radical (unpaired) electrons. The average molecular weight is 223 g/mol. The summed E-state index contributed by atoms with van der Waals surface area (Å²) >= 11 is 0. The van der Waals surface area contributed by atoms with Crippen molar-refractivity contribution in [2.75, 3.05) is 5.32 Å². The van der Waals surface area contributed by atoms with Crippen LogP contribution >= 0.6 is 0 Å². The van der Waals surface area contributed by atoms with E-state index in [0.717, 1.165) is 28.4 Å². The highest BCUT2D eigenvalue weighted by atomic mass is 16.5. The van der Waals surface area contributed by atoms with Gasteiger partial charge in [-0.2, -0.15) is 0 Å². The zero-order chi connectivity index (χ0) is 11.8. The number of ether oxygens (including phenoxy) is 1. The zero-order valence-corrected chi connectivity index (χ0v) is 9.66. The molecule has 1 aliphatic rings. The molecule has 2 heteroatoms. The molecule has 0 aliphatic carbocycles.